The molecule has 0 saturated carbocycles. The Morgan fingerprint density at radius 1 is 1.04 bits per heavy atom. The summed E-state index contributed by atoms with van der Waals surface area (Å²) >= 11 is 0. The first-order valence-electron chi connectivity index (χ1n) is 8.06. The second-order valence-corrected chi connectivity index (χ2v) is 7.03. The monoisotopic (exact) mass is 336 g/mol. The van der Waals surface area contributed by atoms with Gasteiger partial charge in [-0.05, 0) is 29.2 Å². The Morgan fingerprint density at radius 2 is 1.68 bits per heavy atom. The van der Waals surface area contributed by atoms with Crippen molar-refractivity contribution < 1.29 is 14.4 Å². The van der Waals surface area contributed by atoms with Crippen LogP contribution in [0.5, 0.6) is 0 Å². The largest absolute Gasteiger partial charge is 0.365 e. The lowest BCUT2D eigenvalue weighted by molar-refractivity contribution is -0.112. The minimum atomic E-state index is -0.590. The molecule has 2 aromatic carbocycles. The molecule has 0 unspecified atom stereocenters. The molecule has 5 nitrogen and oxygen atoms in total. The second kappa shape index (κ2) is 6.16. The number of carbonyl (C=O) groups is 2. The van der Waals surface area contributed by atoms with E-state index in [2.05, 4.69) is 25.9 Å². The topological polar surface area (TPSA) is 59.0 Å². The fraction of sp³-hybridized carbons (Fsp3) is 0.250. The number of likely N-dealkylation sites (N-methyl/N-ethyl adjacent to an activating group) is 1. The number of amides is 1. The van der Waals surface area contributed by atoms with E-state index < -0.39 is 5.97 Å². The highest BCUT2D eigenvalue weighted by molar-refractivity contribution is 6.54. The Morgan fingerprint density at radius 3 is 2.32 bits per heavy atom. The van der Waals surface area contributed by atoms with E-state index in [1.54, 1.807) is 25.2 Å². The van der Waals surface area contributed by atoms with Crippen LogP contribution in [-0.2, 0) is 15.0 Å². The SMILES string of the molecule is CN1C(=O)/C(=N\OC(=O)c2ccc(C(C)(C)C)cc2)c2ccccc21. The summed E-state index contributed by atoms with van der Waals surface area (Å²) in [6.07, 6.45) is 0. The van der Waals surface area contributed by atoms with Crippen LogP contribution in [0.15, 0.2) is 53.7 Å². The van der Waals surface area contributed by atoms with Gasteiger partial charge in [0.25, 0.3) is 5.91 Å². The molecule has 0 spiro atoms. The summed E-state index contributed by atoms with van der Waals surface area (Å²) in [6, 6.07) is 14.5. The molecule has 2 aromatic rings. The van der Waals surface area contributed by atoms with Gasteiger partial charge in [0.15, 0.2) is 5.71 Å². The number of para-hydroxylation sites is 1. The van der Waals surface area contributed by atoms with Crippen LogP contribution in [0.3, 0.4) is 0 Å². The molecule has 0 saturated heterocycles. The van der Waals surface area contributed by atoms with Crippen LogP contribution < -0.4 is 4.90 Å². The summed E-state index contributed by atoms with van der Waals surface area (Å²) in [5.41, 5.74) is 3.06. The van der Waals surface area contributed by atoms with Gasteiger partial charge in [-0.3, -0.25) is 4.79 Å². The molecular formula is C20H20N2O3. The lowest BCUT2D eigenvalue weighted by atomic mass is 9.87. The minimum Gasteiger partial charge on any atom is -0.312 e. The molecule has 25 heavy (non-hydrogen) atoms. The van der Waals surface area contributed by atoms with Crippen molar-refractivity contribution in [2.45, 2.75) is 26.2 Å². The van der Waals surface area contributed by atoms with Crippen molar-refractivity contribution in [2.24, 2.45) is 5.16 Å². The van der Waals surface area contributed by atoms with E-state index in [0.717, 1.165) is 11.3 Å². The smallest absolute Gasteiger partial charge is 0.312 e. The van der Waals surface area contributed by atoms with E-state index in [0.29, 0.717) is 11.1 Å². The number of carbonyl (C=O) groups excluding carboxylic acids is 2. The third-order valence-corrected chi connectivity index (χ3v) is 4.23. The normalized spacial score (nSPS) is 15.4. The van der Waals surface area contributed by atoms with E-state index in [9.17, 15) is 9.59 Å². The van der Waals surface area contributed by atoms with Crippen LogP contribution >= 0.6 is 0 Å². The van der Waals surface area contributed by atoms with Gasteiger partial charge in [0.1, 0.15) is 0 Å². The Labute approximate surface area is 146 Å². The zero-order valence-corrected chi connectivity index (χ0v) is 14.7. The molecular weight excluding hydrogens is 316 g/mol. The van der Waals surface area contributed by atoms with Gasteiger partial charge in [-0.2, -0.15) is 0 Å². The number of anilines is 1. The standard InChI is InChI=1S/C20H20N2O3/c1-20(2,3)14-11-9-13(10-12-14)19(24)25-21-17-15-7-5-6-8-16(15)22(4)18(17)23/h5-12H,1-4H3/b21-17-. The number of fused-ring (bicyclic) bond motifs is 1. The first-order valence-corrected chi connectivity index (χ1v) is 8.06. The van der Waals surface area contributed by atoms with Gasteiger partial charge >= 0.3 is 5.97 Å². The van der Waals surface area contributed by atoms with Crippen molar-refractivity contribution in [3.8, 4) is 0 Å². The molecule has 0 aliphatic carbocycles. The molecule has 0 bridgehead atoms. The number of hydrogen-bond donors (Lipinski definition) is 0. The van der Waals surface area contributed by atoms with Gasteiger partial charge in [0.2, 0.25) is 0 Å². The zero-order valence-electron chi connectivity index (χ0n) is 14.7. The minimum absolute atomic E-state index is 0.00717. The number of rotatable bonds is 2. The predicted octanol–water partition coefficient (Wildman–Crippen LogP) is 3.52. The number of hydrogen-bond acceptors (Lipinski definition) is 4. The highest BCUT2D eigenvalue weighted by atomic mass is 16.7. The molecule has 128 valence electrons. The lowest BCUT2D eigenvalue weighted by Crippen LogP contribution is -2.25. The lowest BCUT2D eigenvalue weighted by Gasteiger charge is -2.18. The van der Waals surface area contributed by atoms with Crippen molar-refractivity contribution in [3.63, 3.8) is 0 Å². The van der Waals surface area contributed by atoms with Gasteiger partial charge in [0, 0.05) is 12.6 Å². The first kappa shape index (κ1) is 16.9. The Balaban J connectivity index is 1.80. The highest BCUT2D eigenvalue weighted by Gasteiger charge is 2.32. The van der Waals surface area contributed by atoms with Gasteiger partial charge in [-0.15, -0.1) is 0 Å². The van der Waals surface area contributed by atoms with E-state index in [-0.39, 0.29) is 17.0 Å². The highest BCUT2D eigenvalue weighted by Crippen LogP contribution is 2.27. The summed E-state index contributed by atoms with van der Waals surface area (Å²) in [5, 5.41) is 3.82. The van der Waals surface area contributed by atoms with Gasteiger partial charge < -0.3 is 9.74 Å². The Kier molecular flexibility index (Phi) is 4.17. The molecule has 0 N–H and O–H groups in total. The molecule has 0 radical (unpaired) electrons. The van der Waals surface area contributed by atoms with Crippen LogP contribution in [0, 0.1) is 0 Å². The van der Waals surface area contributed by atoms with Gasteiger partial charge in [0.05, 0.1) is 11.3 Å². The summed E-state index contributed by atoms with van der Waals surface area (Å²) < 4.78 is 0. The number of benzene rings is 2. The number of oxime groups is 1. The third-order valence-electron chi connectivity index (χ3n) is 4.23. The molecule has 1 amide bonds. The molecule has 1 aliphatic rings. The molecule has 1 aliphatic heterocycles. The maximum absolute atomic E-state index is 12.3. The first-order chi connectivity index (χ1) is 11.8. The van der Waals surface area contributed by atoms with Crippen LogP contribution in [0.4, 0.5) is 5.69 Å². The van der Waals surface area contributed by atoms with Crippen molar-refractivity contribution in [2.75, 3.05) is 11.9 Å². The quantitative estimate of drug-likeness (QED) is 0.623. The van der Waals surface area contributed by atoms with E-state index in [4.69, 9.17) is 4.84 Å². The van der Waals surface area contributed by atoms with E-state index in [1.807, 2.05) is 30.3 Å². The summed E-state index contributed by atoms with van der Waals surface area (Å²) in [5.74, 6) is -0.884. The van der Waals surface area contributed by atoms with Crippen molar-refractivity contribution in [3.05, 3.63) is 65.2 Å². The van der Waals surface area contributed by atoms with Gasteiger partial charge in [-0.1, -0.05) is 56.3 Å². The van der Waals surface area contributed by atoms with Crippen molar-refractivity contribution in [1.82, 2.24) is 0 Å². The molecule has 0 fully saturated rings. The van der Waals surface area contributed by atoms with Crippen molar-refractivity contribution >= 4 is 23.3 Å². The van der Waals surface area contributed by atoms with Gasteiger partial charge in [-0.25, -0.2) is 4.79 Å². The average Bonchev–Trinajstić information content (AvgIpc) is 2.83. The Hall–Kier alpha value is -2.95. The van der Waals surface area contributed by atoms with Crippen LogP contribution in [0.2, 0.25) is 0 Å². The summed E-state index contributed by atoms with van der Waals surface area (Å²) in [6.45, 7) is 6.31. The fourth-order valence-electron chi connectivity index (χ4n) is 2.68. The van der Waals surface area contributed by atoms with Crippen molar-refractivity contribution in [1.29, 1.82) is 0 Å². The Bertz CT molecular complexity index is 861. The van der Waals surface area contributed by atoms with Crippen LogP contribution in [0.25, 0.3) is 0 Å². The molecule has 3 rings (SSSR count). The second-order valence-electron chi connectivity index (χ2n) is 7.03. The molecule has 0 aromatic heterocycles. The summed E-state index contributed by atoms with van der Waals surface area (Å²) in [7, 11) is 1.66. The molecule has 1 heterocycles. The number of nitrogens with zero attached hydrogens (tertiary/aromatic N) is 2. The predicted molar refractivity (Wildman–Crippen MR) is 96.9 cm³/mol. The van der Waals surface area contributed by atoms with Crippen LogP contribution in [0.1, 0.15) is 42.3 Å². The summed E-state index contributed by atoms with van der Waals surface area (Å²) in [4.78, 5) is 31.0. The van der Waals surface area contributed by atoms with E-state index >= 15 is 0 Å². The van der Waals surface area contributed by atoms with Crippen LogP contribution in [-0.4, -0.2) is 24.6 Å². The third kappa shape index (κ3) is 3.18. The average molecular weight is 336 g/mol. The fourth-order valence-corrected chi connectivity index (χ4v) is 2.68. The maximum Gasteiger partial charge on any atom is 0.365 e. The molecule has 0 atom stereocenters. The maximum atomic E-state index is 12.3. The zero-order chi connectivity index (χ0) is 18.2. The van der Waals surface area contributed by atoms with E-state index in [1.165, 1.54) is 4.90 Å². The molecule has 5 heteroatoms.